The van der Waals surface area contributed by atoms with E-state index in [0.29, 0.717) is 11.3 Å². The fourth-order valence-corrected chi connectivity index (χ4v) is 5.86. The summed E-state index contributed by atoms with van der Waals surface area (Å²) in [6.07, 6.45) is 1.73. The summed E-state index contributed by atoms with van der Waals surface area (Å²) in [6.45, 7) is 0. The van der Waals surface area contributed by atoms with Crippen LogP contribution in [-0.4, -0.2) is 9.55 Å². The van der Waals surface area contributed by atoms with Crippen LogP contribution in [0.25, 0.3) is 71.8 Å². The highest BCUT2D eigenvalue weighted by Gasteiger charge is 2.16. The minimum Gasteiger partial charge on any atom is -0.456 e. The van der Waals surface area contributed by atoms with Crippen LogP contribution < -0.4 is 0 Å². The van der Waals surface area contributed by atoms with Crippen molar-refractivity contribution in [1.82, 2.24) is 9.55 Å². The zero-order chi connectivity index (χ0) is 26.6. The molecule has 0 saturated heterocycles. The minimum absolute atomic E-state index is 0.566. The minimum atomic E-state index is 0.566. The van der Waals surface area contributed by atoms with E-state index in [4.69, 9.17) is 4.42 Å². The van der Waals surface area contributed by atoms with Crippen molar-refractivity contribution in [3.63, 3.8) is 0 Å². The maximum atomic E-state index is 9.59. The van der Waals surface area contributed by atoms with Crippen molar-refractivity contribution >= 4 is 43.7 Å². The molecule has 0 spiro atoms. The SMILES string of the molecule is N#Cc1cccnc1-c1cccc(-c2cccc(-n3c4ccccc4c4cc5oc6ccccc6c5cc43)c2)c1. The highest BCUT2D eigenvalue weighted by Crippen LogP contribution is 2.38. The third-order valence-electron chi connectivity index (χ3n) is 7.67. The van der Waals surface area contributed by atoms with Gasteiger partial charge in [-0.3, -0.25) is 4.98 Å². The predicted molar refractivity (Wildman–Crippen MR) is 161 cm³/mol. The lowest BCUT2D eigenvalue weighted by molar-refractivity contribution is 0.669. The van der Waals surface area contributed by atoms with Crippen molar-refractivity contribution in [2.45, 2.75) is 0 Å². The highest BCUT2D eigenvalue weighted by atomic mass is 16.3. The first kappa shape index (κ1) is 22.3. The van der Waals surface area contributed by atoms with Crippen LogP contribution in [0.3, 0.4) is 0 Å². The van der Waals surface area contributed by atoms with Crippen molar-refractivity contribution in [2.75, 3.05) is 0 Å². The third kappa shape index (κ3) is 3.35. The topological polar surface area (TPSA) is 54.8 Å². The molecule has 0 unspecified atom stereocenters. The lowest BCUT2D eigenvalue weighted by Gasteiger charge is -2.11. The first-order chi connectivity index (χ1) is 19.8. The molecule has 0 N–H and O–H groups in total. The van der Waals surface area contributed by atoms with Crippen LogP contribution in [0.5, 0.6) is 0 Å². The molecule has 40 heavy (non-hydrogen) atoms. The average Bonchev–Trinajstić information content (AvgIpc) is 3.55. The van der Waals surface area contributed by atoms with Crippen molar-refractivity contribution in [2.24, 2.45) is 0 Å². The molecule has 8 rings (SSSR count). The number of nitrogens with zero attached hydrogens (tertiary/aromatic N) is 3. The Balaban J connectivity index is 1.34. The van der Waals surface area contributed by atoms with Gasteiger partial charge in [0, 0.05) is 39.0 Å². The molecule has 0 amide bonds. The Morgan fingerprint density at radius 3 is 2.25 bits per heavy atom. The Morgan fingerprint density at radius 2 is 1.35 bits per heavy atom. The van der Waals surface area contributed by atoms with Gasteiger partial charge in [0.1, 0.15) is 17.2 Å². The maximum Gasteiger partial charge on any atom is 0.136 e. The quantitative estimate of drug-likeness (QED) is 0.237. The normalized spacial score (nSPS) is 11.5. The van der Waals surface area contributed by atoms with Crippen molar-refractivity contribution in [1.29, 1.82) is 5.26 Å². The standard InChI is InChI=1S/C36H21N3O/c37-22-26-11-7-17-38-36(26)25-10-5-8-23(18-25)24-9-6-12-27(19-24)39-32-15-3-1-13-28(32)30-21-35-31(20-33(30)39)29-14-2-4-16-34(29)40-35/h1-21H. The van der Waals surface area contributed by atoms with E-state index >= 15 is 0 Å². The van der Waals surface area contributed by atoms with Gasteiger partial charge in [0.05, 0.1) is 22.3 Å². The van der Waals surface area contributed by atoms with E-state index in [1.807, 2.05) is 24.3 Å². The molecule has 5 aromatic carbocycles. The van der Waals surface area contributed by atoms with Gasteiger partial charge in [-0.25, -0.2) is 0 Å². The second kappa shape index (κ2) is 8.69. The van der Waals surface area contributed by atoms with E-state index < -0.39 is 0 Å². The van der Waals surface area contributed by atoms with Crippen LogP contribution in [0, 0.1) is 11.3 Å². The Hall–Kier alpha value is -5.66. The molecule has 0 aliphatic heterocycles. The van der Waals surface area contributed by atoms with Crippen molar-refractivity contribution < 1.29 is 4.42 Å². The molecule has 0 saturated carbocycles. The van der Waals surface area contributed by atoms with Crippen molar-refractivity contribution in [3.8, 4) is 34.1 Å². The number of rotatable bonds is 3. The summed E-state index contributed by atoms with van der Waals surface area (Å²) >= 11 is 0. The van der Waals surface area contributed by atoms with Gasteiger partial charge in [-0.05, 0) is 65.7 Å². The van der Waals surface area contributed by atoms with Crippen LogP contribution in [0.15, 0.2) is 132 Å². The van der Waals surface area contributed by atoms with Gasteiger partial charge < -0.3 is 8.98 Å². The summed E-state index contributed by atoms with van der Waals surface area (Å²) < 4.78 is 8.57. The largest absolute Gasteiger partial charge is 0.456 e. The second-order valence-corrected chi connectivity index (χ2v) is 9.96. The summed E-state index contributed by atoms with van der Waals surface area (Å²) in [6, 6.07) is 43.9. The molecule has 0 aliphatic carbocycles. The summed E-state index contributed by atoms with van der Waals surface area (Å²) in [5.74, 6) is 0. The monoisotopic (exact) mass is 511 g/mol. The molecule has 3 heterocycles. The van der Waals surface area contributed by atoms with Gasteiger partial charge in [0.25, 0.3) is 0 Å². The fourth-order valence-electron chi connectivity index (χ4n) is 5.86. The van der Waals surface area contributed by atoms with Crippen molar-refractivity contribution in [3.05, 3.63) is 133 Å². The summed E-state index contributed by atoms with van der Waals surface area (Å²) in [5, 5.41) is 14.2. The summed E-state index contributed by atoms with van der Waals surface area (Å²) in [7, 11) is 0. The average molecular weight is 512 g/mol. The highest BCUT2D eigenvalue weighted by molar-refractivity contribution is 6.17. The van der Waals surface area contributed by atoms with Gasteiger partial charge in [-0.1, -0.05) is 66.7 Å². The molecule has 0 atom stereocenters. The molecular weight excluding hydrogens is 490 g/mol. The first-order valence-electron chi connectivity index (χ1n) is 13.2. The number of hydrogen-bond donors (Lipinski definition) is 0. The molecule has 0 bridgehead atoms. The lowest BCUT2D eigenvalue weighted by atomic mass is 9.99. The van der Waals surface area contributed by atoms with E-state index in [1.165, 1.54) is 5.39 Å². The van der Waals surface area contributed by atoms with E-state index in [0.717, 1.165) is 60.7 Å². The number of aromatic nitrogens is 2. The number of pyridine rings is 1. The van der Waals surface area contributed by atoms with E-state index in [2.05, 4.69) is 101 Å². The Kier molecular flexibility index (Phi) is 4.85. The molecule has 3 aromatic heterocycles. The van der Waals surface area contributed by atoms with E-state index in [-0.39, 0.29) is 0 Å². The van der Waals surface area contributed by atoms with Crippen LogP contribution >= 0.6 is 0 Å². The number of furan rings is 1. The molecule has 186 valence electrons. The van der Waals surface area contributed by atoms with Crippen LogP contribution in [-0.2, 0) is 0 Å². The number of para-hydroxylation sites is 2. The van der Waals surface area contributed by atoms with Crippen LogP contribution in [0.4, 0.5) is 0 Å². The smallest absolute Gasteiger partial charge is 0.136 e. The Morgan fingerprint density at radius 1 is 0.575 bits per heavy atom. The zero-order valence-electron chi connectivity index (χ0n) is 21.4. The van der Waals surface area contributed by atoms with Crippen LogP contribution in [0.2, 0.25) is 0 Å². The van der Waals surface area contributed by atoms with Gasteiger partial charge in [0.15, 0.2) is 0 Å². The molecule has 4 heteroatoms. The second-order valence-electron chi connectivity index (χ2n) is 9.96. The number of nitriles is 1. The Labute approximate surface area is 230 Å². The number of benzene rings is 5. The molecule has 0 aliphatic rings. The predicted octanol–water partition coefficient (Wildman–Crippen LogP) is 9.28. The number of hydrogen-bond acceptors (Lipinski definition) is 3. The van der Waals surface area contributed by atoms with Gasteiger partial charge in [-0.15, -0.1) is 0 Å². The summed E-state index contributed by atoms with van der Waals surface area (Å²) in [4.78, 5) is 4.49. The molecule has 0 radical (unpaired) electrons. The zero-order valence-corrected chi connectivity index (χ0v) is 21.4. The Bertz CT molecular complexity index is 2300. The number of fused-ring (bicyclic) bond motifs is 6. The van der Waals surface area contributed by atoms with Gasteiger partial charge in [-0.2, -0.15) is 5.26 Å². The molecule has 8 aromatic rings. The third-order valence-corrected chi connectivity index (χ3v) is 7.67. The lowest BCUT2D eigenvalue weighted by Crippen LogP contribution is -1.94. The van der Waals surface area contributed by atoms with Gasteiger partial charge >= 0.3 is 0 Å². The van der Waals surface area contributed by atoms with E-state index in [9.17, 15) is 5.26 Å². The molecule has 0 fully saturated rings. The first-order valence-corrected chi connectivity index (χ1v) is 13.2. The molecular formula is C36H21N3O. The van der Waals surface area contributed by atoms with E-state index in [1.54, 1.807) is 18.3 Å². The van der Waals surface area contributed by atoms with Gasteiger partial charge in [0.2, 0.25) is 0 Å². The summed E-state index contributed by atoms with van der Waals surface area (Å²) in [5.41, 5.74) is 9.50. The maximum absolute atomic E-state index is 9.59. The van der Waals surface area contributed by atoms with Crippen LogP contribution in [0.1, 0.15) is 5.56 Å². The fraction of sp³-hybridized carbons (Fsp3) is 0. The molecule has 4 nitrogen and oxygen atoms in total.